The number of ether oxygens (including phenoxy) is 2. The van der Waals surface area contributed by atoms with E-state index in [1.165, 1.54) is 0 Å². The van der Waals surface area contributed by atoms with Crippen LogP contribution in [0.4, 0.5) is 0 Å². The maximum atomic E-state index is 13.0. The van der Waals surface area contributed by atoms with Gasteiger partial charge in [0, 0.05) is 28.6 Å². The molecule has 2 bridgehead atoms. The van der Waals surface area contributed by atoms with E-state index in [2.05, 4.69) is 34.6 Å². The number of hydrogen-bond acceptors (Lipinski definition) is 6. The molecule has 6 heteroatoms. The van der Waals surface area contributed by atoms with Gasteiger partial charge in [-0.25, -0.2) is 0 Å². The van der Waals surface area contributed by atoms with Crippen LogP contribution in [0.1, 0.15) is 93.4 Å². The minimum absolute atomic E-state index is 0.0381. The van der Waals surface area contributed by atoms with Crippen LogP contribution in [0.2, 0.25) is 0 Å². The first-order valence-corrected chi connectivity index (χ1v) is 14.5. The minimum atomic E-state index is -1.20. The number of ketones is 1. The van der Waals surface area contributed by atoms with Crippen molar-refractivity contribution in [3.63, 3.8) is 0 Å². The normalized spacial score (nSPS) is 62.6. The van der Waals surface area contributed by atoms with Crippen LogP contribution in [-0.4, -0.2) is 56.9 Å². The zero-order chi connectivity index (χ0) is 26.1. The highest BCUT2D eigenvalue weighted by atomic mass is 16.8. The van der Waals surface area contributed by atoms with Gasteiger partial charge in [0.2, 0.25) is 0 Å². The van der Waals surface area contributed by atoms with E-state index in [1.807, 2.05) is 0 Å². The smallest absolute Gasteiger partial charge is 0.199 e. The molecular weight excluding hydrogens is 456 g/mol. The van der Waals surface area contributed by atoms with E-state index in [9.17, 15) is 20.1 Å². The van der Waals surface area contributed by atoms with E-state index in [1.54, 1.807) is 13.8 Å². The van der Waals surface area contributed by atoms with E-state index in [4.69, 9.17) is 9.47 Å². The van der Waals surface area contributed by atoms with Crippen LogP contribution in [-0.2, 0) is 14.3 Å². The highest BCUT2D eigenvalue weighted by Crippen LogP contribution is 2.89. The molecule has 0 radical (unpaired) electrons. The fourth-order valence-electron chi connectivity index (χ4n) is 12.5. The summed E-state index contributed by atoms with van der Waals surface area (Å²) in [5.41, 5.74) is -2.52. The Morgan fingerprint density at radius 2 is 1.64 bits per heavy atom. The number of hydrogen-bond donors (Lipinski definition) is 3. The predicted molar refractivity (Wildman–Crippen MR) is 133 cm³/mol. The van der Waals surface area contributed by atoms with Crippen molar-refractivity contribution in [2.24, 2.45) is 50.7 Å². The van der Waals surface area contributed by atoms with E-state index < -0.39 is 40.5 Å². The first-order valence-electron chi connectivity index (χ1n) is 14.5. The second-order valence-electron chi connectivity index (χ2n) is 15.8. The summed E-state index contributed by atoms with van der Waals surface area (Å²) in [7, 11) is 0. The summed E-state index contributed by atoms with van der Waals surface area (Å²) in [5, 5.41) is 35.6. The van der Waals surface area contributed by atoms with Crippen molar-refractivity contribution in [1.82, 2.24) is 0 Å². The van der Waals surface area contributed by atoms with Crippen LogP contribution in [0, 0.1) is 50.7 Å². The molecule has 5 aliphatic carbocycles. The molecule has 3 spiro atoms. The van der Waals surface area contributed by atoms with E-state index in [0.29, 0.717) is 18.1 Å². The third kappa shape index (κ3) is 2.24. The molecule has 6 nitrogen and oxygen atoms in total. The third-order valence-electron chi connectivity index (χ3n) is 14.0. The molecule has 202 valence electrons. The number of carbonyl (C=O) groups excluding carboxylic acids is 1. The maximum absolute atomic E-state index is 13.0. The van der Waals surface area contributed by atoms with Crippen molar-refractivity contribution in [1.29, 1.82) is 0 Å². The number of carbonyl (C=O) groups is 1. The molecule has 0 aromatic carbocycles. The van der Waals surface area contributed by atoms with Gasteiger partial charge < -0.3 is 24.8 Å². The summed E-state index contributed by atoms with van der Waals surface area (Å²) in [5.74, 6) is -0.183. The summed E-state index contributed by atoms with van der Waals surface area (Å²) >= 11 is 0. The molecule has 0 unspecified atom stereocenters. The Balaban J connectivity index is 1.36. The molecule has 2 saturated heterocycles. The minimum Gasteiger partial charge on any atom is -0.393 e. The lowest BCUT2D eigenvalue weighted by molar-refractivity contribution is -0.283. The van der Waals surface area contributed by atoms with Crippen LogP contribution in [0.3, 0.4) is 0 Å². The Morgan fingerprint density at radius 3 is 2.31 bits per heavy atom. The van der Waals surface area contributed by atoms with Crippen LogP contribution in [0.5, 0.6) is 0 Å². The van der Waals surface area contributed by atoms with Crippen molar-refractivity contribution in [2.75, 3.05) is 0 Å². The molecule has 3 N–H and O–H groups in total. The van der Waals surface area contributed by atoms with Crippen LogP contribution in [0.15, 0.2) is 0 Å². The highest BCUT2D eigenvalue weighted by molar-refractivity contribution is 5.86. The highest BCUT2D eigenvalue weighted by Gasteiger charge is 2.89. The van der Waals surface area contributed by atoms with Crippen LogP contribution in [0.25, 0.3) is 0 Å². The summed E-state index contributed by atoms with van der Waals surface area (Å²) in [6.45, 7) is 14.5. The molecule has 36 heavy (non-hydrogen) atoms. The van der Waals surface area contributed by atoms with Gasteiger partial charge in [-0.3, -0.25) is 4.79 Å². The zero-order valence-electron chi connectivity index (χ0n) is 23.1. The van der Waals surface area contributed by atoms with Gasteiger partial charge in [0.25, 0.3) is 0 Å². The van der Waals surface area contributed by atoms with Gasteiger partial charge in [-0.15, -0.1) is 0 Å². The number of Topliss-reactive ketones (excluding diaryl/α,β-unsaturated/α-hetero) is 1. The summed E-state index contributed by atoms with van der Waals surface area (Å²) < 4.78 is 13.4. The van der Waals surface area contributed by atoms with Gasteiger partial charge in [0.05, 0.1) is 17.8 Å². The lowest BCUT2D eigenvalue weighted by Gasteiger charge is -2.64. The summed E-state index contributed by atoms with van der Waals surface area (Å²) in [6, 6.07) is 0. The largest absolute Gasteiger partial charge is 0.393 e. The molecule has 0 amide bonds. The fourth-order valence-corrected chi connectivity index (χ4v) is 12.5. The third-order valence-corrected chi connectivity index (χ3v) is 14.0. The Bertz CT molecular complexity index is 1030. The van der Waals surface area contributed by atoms with Crippen molar-refractivity contribution in [2.45, 2.75) is 129 Å². The average molecular weight is 503 g/mol. The lowest BCUT2D eigenvalue weighted by atomic mass is 9.40. The molecule has 2 aliphatic heterocycles. The first-order chi connectivity index (χ1) is 16.5. The fraction of sp³-hybridized carbons (Fsp3) is 0.967. The SMILES string of the molecule is C[C@@H]1C[C@H]2O[C@@]3(O[C@@H]2C(C)(C)O)[C@H](O)[C@@]2(C)[C@@H]4CC[C@H]5C(C)(C)C(=O)CC[C@@]56C[C@@]46C[C@@H](O)[C@]2(C)[C@@H]13. The summed E-state index contributed by atoms with van der Waals surface area (Å²) in [4.78, 5) is 13.0. The van der Waals surface area contributed by atoms with Crippen molar-refractivity contribution in [3.05, 3.63) is 0 Å². The second-order valence-corrected chi connectivity index (χ2v) is 15.8. The predicted octanol–water partition coefficient (Wildman–Crippen LogP) is 3.84. The first kappa shape index (κ1) is 24.5. The average Bonchev–Trinajstić information content (AvgIpc) is 3.27. The van der Waals surface area contributed by atoms with Crippen molar-refractivity contribution < 1.29 is 29.6 Å². The maximum Gasteiger partial charge on any atom is 0.199 e. The molecule has 5 saturated carbocycles. The van der Waals surface area contributed by atoms with E-state index >= 15 is 0 Å². The Morgan fingerprint density at radius 1 is 0.972 bits per heavy atom. The molecule has 2 heterocycles. The molecule has 7 aliphatic rings. The van der Waals surface area contributed by atoms with Crippen LogP contribution < -0.4 is 0 Å². The van der Waals surface area contributed by atoms with Gasteiger partial charge >= 0.3 is 0 Å². The standard InChI is InChI=1S/C30H46O6/c1-15-12-16-22(25(4,5)34)36-30(35-16)21(15)27(7)20(32)13-29-14-28(29)11-10-19(31)24(2,3)17(28)8-9-18(29)26(27,6)23(30)33/h15-18,20-23,32-34H,8-14H2,1-7H3/t15-,16-,17+,18+,20-,21-,22+,23-,26-,27-,28-,29+,30+/m1/s1. The topological polar surface area (TPSA) is 96.2 Å². The molecule has 0 aromatic rings. The monoisotopic (exact) mass is 502 g/mol. The van der Waals surface area contributed by atoms with Crippen molar-refractivity contribution >= 4 is 5.78 Å². The molecule has 0 aromatic heterocycles. The van der Waals surface area contributed by atoms with Crippen molar-refractivity contribution in [3.8, 4) is 0 Å². The quantitative estimate of drug-likeness (QED) is 0.504. The Labute approximate surface area is 215 Å². The number of aliphatic hydroxyl groups excluding tert-OH is 2. The number of rotatable bonds is 1. The van der Waals surface area contributed by atoms with Gasteiger partial charge in [-0.2, -0.15) is 0 Å². The van der Waals surface area contributed by atoms with Gasteiger partial charge in [0.1, 0.15) is 18.0 Å². The zero-order valence-corrected chi connectivity index (χ0v) is 23.1. The van der Waals surface area contributed by atoms with E-state index in [0.717, 1.165) is 38.5 Å². The molecular formula is C30H46O6. The van der Waals surface area contributed by atoms with Gasteiger partial charge in [-0.1, -0.05) is 34.6 Å². The second kappa shape index (κ2) is 6.43. The van der Waals surface area contributed by atoms with Crippen LogP contribution >= 0.6 is 0 Å². The number of aliphatic hydroxyl groups is 3. The van der Waals surface area contributed by atoms with Gasteiger partial charge in [0.15, 0.2) is 5.79 Å². The summed E-state index contributed by atoms with van der Waals surface area (Å²) in [6.07, 6.45) is 3.85. The number of fused-ring (bicyclic) bond motifs is 4. The molecule has 7 fully saturated rings. The lowest BCUT2D eigenvalue weighted by Crippen LogP contribution is -2.64. The molecule has 7 rings (SSSR count). The Hall–Kier alpha value is -0.530. The Kier molecular flexibility index (Phi) is 4.38. The van der Waals surface area contributed by atoms with Gasteiger partial charge in [-0.05, 0) is 81.0 Å². The van der Waals surface area contributed by atoms with E-state index in [-0.39, 0.29) is 40.1 Å². The molecule has 13 atom stereocenters.